The second-order valence-electron chi connectivity index (χ2n) is 2.21. The number of aldehydes is 3. The van der Waals surface area contributed by atoms with Crippen molar-refractivity contribution in [1.82, 2.24) is 0 Å². The van der Waals surface area contributed by atoms with Gasteiger partial charge in [0.05, 0.1) is 11.3 Å². The fourth-order valence-corrected chi connectivity index (χ4v) is 1.37. The summed E-state index contributed by atoms with van der Waals surface area (Å²) in [4.78, 5) is 30.4. The largest absolute Gasteiger partial charge is 0.321 e. The number of hydrogen-bond acceptors (Lipinski definition) is 5. The highest BCUT2D eigenvalue weighted by molar-refractivity contribution is 8.00. The van der Waals surface area contributed by atoms with Gasteiger partial charge in [0.25, 0.3) is 0 Å². The molecule has 0 heterocycles. The van der Waals surface area contributed by atoms with Crippen molar-refractivity contribution in [1.29, 1.82) is 0 Å². The van der Waals surface area contributed by atoms with E-state index in [4.69, 9.17) is 5.73 Å². The van der Waals surface area contributed by atoms with Crippen LogP contribution in [0.15, 0.2) is 0 Å². The van der Waals surface area contributed by atoms with Crippen LogP contribution in [-0.2, 0) is 14.4 Å². The van der Waals surface area contributed by atoms with E-state index in [9.17, 15) is 14.4 Å². The first kappa shape index (κ1) is 11.3. The van der Waals surface area contributed by atoms with Gasteiger partial charge in [-0.15, -0.1) is 11.8 Å². The van der Waals surface area contributed by atoms with Crippen LogP contribution in [0.2, 0.25) is 0 Å². The molecule has 0 aliphatic heterocycles. The third kappa shape index (κ3) is 5.03. The van der Waals surface area contributed by atoms with Crippen LogP contribution in [0.3, 0.4) is 0 Å². The van der Waals surface area contributed by atoms with Crippen LogP contribution in [0.5, 0.6) is 0 Å². The Bertz CT molecular complexity index is 163. The Hall–Kier alpha value is -0.680. The maximum absolute atomic E-state index is 10.3. The number of carbonyl (C=O) groups excluding carboxylic acids is 3. The smallest absolute Gasteiger partial charge is 0.137 e. The standard InChI is InChI=1S/C7H11NO3S/c8-6(3-10)5-12-7(4-11)1-2-9/h2-4,6-7H,1,5,8H2/t6-,7?/m0/s1. The summed E-state index contributed by atoms with van der Waals surface area (Å²) in [5.41, 5.74) is 5.28. The van der Waals surface area contributed by atoms with Gasteiger partial charge in [0, 0.05) is 12.2 Å². The van der Waals surface area contributed by atoms with Crippen LogP contribution in [0, 0.1) is 0 Å². The molecule has 0 radical (unpaired) electrons. The van der Waals surface area contributed by atoms with E-state index >= 15 is 0 Å². The monoisotopic (exact) mass is 189 g/mol. The van der Waals surface area contributed by atoms with Gasteiger partial charge in [0.2, 0.25) is 0 Å². The van der Waals surface area contributed by atoms with Crippen molar-refractivity contribution >= 4 is 30.6 Å². The number of hydrogen-bond donors (Lipinski definition) is 1. The first-order valence-corrected chi connectivity index (χ1v) is 4.50. The molecule has 0 aliphatic carbocycles. The molecule has 0 aliphatic rings. The summed E-state index contributed by atoms with van der Waals surface area (Å²) in [6, 6.07) is -0.552. The molecule has 0 saturated heterocycles. The number of thioether (sulfide) groups is 1. The van der Waals surface area contributed by atoms with Crippen LogP contribution in [0.4, 0.5) is 0 Å². The molecule has 2 atom stereocenters. The molecule has 0 fully saturated rings. The van der Waals surface area contributed by atoms with Crippen LogP contribution < -0.4 is 5.73 Å². The Morgan fingerprint density at radius 1 is 1.25 bits per heavy atom. The van der Waals surface area contributed by atoms with Crippen molar-refractivity contribution < 1.29 is 14.4 Å². The van der Waals surface area contributed by atoms with E-state index in [1.807, 2.05) is 0 Å². The maximum atomic E-state index is 10.3. The van der Waals surface area contributed by atoms with Gasteiger partial charge in [-0.3, -0.25) is 0 Å². The minimum atomic E-state index is -0.552. The summed E-state index contributed by atoms with van der Waals surface area (Å²) >= 11 is 1.22. The molecule has 12 heavy (non-hydrogen) atoms. The zero-order valence-electron chi connectivity index (χ0n) is 6.51. The van der Waals surface area contributed by atoms with Gasteiger partial charge >= 0.3 is 0 Å². The van der Waals surface area contributed by atoms with E-state index in [-0.39, 0.29) is 11.7 Å². The van der Waals surface area contributed by atoms with Crippen molar-refractivity contribution in [2.75, 3.05) is 5.75 Å². The van der Waals surface area contributed by atoms with Gasteiger partial charge in [-0.2, -0.15) is 0 Å². The minimum absolute atomic E-state index is 0.180. The maximum Gasteiger partial charge on any atom is 0.137 e. The fourth-order valence-electron chi connectivity index (χ4n) is 0.532. The van der Waals surface area contributed by atoms with Crippen molar-refractivity contribution in [3.63, 3.8) is 0 Å². The predicted octanol–water partition coefficient (Wildman–Crippen LogP) is -0.598. The summed E-state index contributed by atoms with van der Waals surface area (Å²) in [7, 11) is 0. The number of rotatable bonds is 7. The molecule has 4 nitrogen and oxygen atoms in total. The molecule has 68 valence electrons. The highest BCUT2D eigenvalue weighted by Gasteiger charge is 2.09. The van der Waals surface area contributed by atoms with Gasteiger partial charge in [-0.1, -0.05) is 0 Å². The molecular formula is C7H11NO3S. The Labute approximate surface area is 74.9 Å². The van der Waals surface area contributed by atoms with Crippen LogP contribution in [-0.4, -0.2) is 35.9 Å². The molecule has 0 aromatic rings. The lowest BCUT2D eigenvalue weighted by atomic mass is 10.3. The summed E-state index contributed by atoms with van der Waals surface area (Å²) in [5, 5.41) is -0.367. The van der Waals surface area contributed by atoms with E-state index in [2.05, 4.69) is 0 Å². The third-order valence-electron chi connectivity index (χ3n) is 1.16. The number of carbonyl (C=O) groups is 3. The zero-order valence-corrected chi connectivity index (χ0v) is 7.33. The Balaban J connectivity index is 3.63. The molecule has 5 heteroatoms. The van der Waals surface area contributed by atoms with E-state index in [0.717, 1.165) is 0 Å². The van der Waals surface area contributed by atoms with Crippen molar-refractivity contribution in [3.8, 4) is 0 Å². The average molecular weight is 189 g/mol. The van der Waals surface area contributed by atoms with Gasteiger partial charge in [-0.25, -0.2) is 0 Å². The minimum Gasteiger partial charge on any atom is -0.321 e. The lowest BCUT2D eigenvalue weighted by Crippen LogP contribution is -2.25. The molecule has 1 unspecified atom stereocenters. The molecule has 0 bridgehead atoms. The quantitative estimate of drug-likeness (QED) is 0.541. The van der Waals surface area contributed by atoms with E-state index in [1.54, 1.807) is 0 Å². The third-order valence-corrected chi connectivity index (χ3v) is 2.47. The molecule has 0 spiro atoms. The second-order valence-corrected chi connectivity index (χ2v) is 3.48. The van der Waals surface area contributed by atoms with Gasteiger partial charge in [0.1, 0.15) is 18.9 Å². The summed E-state index contributed by atoms with van der Waals surface area (Å²) in [6.07, 6.45) is 2.17. The molecular weight excluding hydrogens is 178 g/mol. The Morgan fingerprint density at radius 3 is 2.33 bits per heavy atom. The fraction of sp³-hybridized carbons (Fsp3) is 0.571. The molecule has 0 aromatic carbocycles. The summed E-state index contributed by atoms with van der Waals surface area (Å²) in [5.74, 6) is 0.376. The first-order chi connectivity index (χ1) is 5.74. The molecule has 0 saturated carbocycles. The average Bonchev–Trinajstić information content (AvgIpc) is 2.11. The Kier molecular flexibility index (Phi) is 6.60. The second kappa shape index (κ2) is 7.00. The summed E-state index contributed by atoms with van der Waals surface area (Å²) < 4.78 is 0. The molecule has 2 N–H and O–H groups in total. The first-order valence-electron chi connectivity index (χ1n) is 3.46. The lowest BCUT2D eigenvalue weighted by molar-refractivity contribution is -0.111. The topological polar surface area (TPSA) is 77.2 Å². The van der Waals surface area contributed by atoms with Crippen LogP contribution in [0.1, 0.15) is 6.42 Å². The van der Waals surface area contributed by atoms with Crippen molar-refractivity contribution in [3.05, 3.63) is 0 Å². The highest BCUT2D eigenvalue weighted by Crippen LogP contribution is 2.11. The highest BCUT2D eigenvalue weighted by atomic mass is 32.2. The normalized spacial score (nSPS) is 14.8. The van der Waals surface area contributed by atoms with Crippen molar-refractivity contribution in [2.45, 2.75) is 17.7 Å². The molecule has 0 aromatic heterocycles. The van der Waals surface area contributed by atoms with Gasteiger partial charge in [0.15, 0.2) is 0 Å². The van der Waals surface area contributed by atoms with E-state index in [1.165, 1.54) is 11.8 Å². The lowest BCUT2D eigenvalue weighted by Gasteiger charge is -2.07. The zero-order chi connectivity index (χ0) is 9.40. The number of nitrogens with two attached hydrogens (primary N) is 1. The molecule has 0 rings (SSSR count). The van der Waals surface area contributed by atoms with Gasteiger partial charge in [-0.05, 0) is 0 Å². The van der Waals surface area contributed by atoms with Crippen LogP contribution >= 0.6 is 11.8 Å². The Morgan fingerprint density at radius 2 is 1.92 bits per heavy atom. The van der Waals surface area contributed by atoms with E-state index < -0.39 is 6.04 Å². The van der Waals surface area contributed by atoms with Crippen molar-refractivity contribution in [2.24, 2.45) is 5.73 Å². The molecule has 0 amide bonds. The SMILES string of the molecule is N[C@@H](C=O)CSC(C=O)CC=O. The van der Waals surface area contributed by atoms with Gasteiger partial charge < -0.3 is 20.1 Å². The van der Waals surface area contributed by atoms with Crippen LogP contribution in [0.25, 0.3) is 0 Å². The summed E-state index contributed by atoms with van der Waals surface area (Å²) in [6.45, 7) is 0. The predicted molar refractivity (Wildman–Crippen MR) is 47.0 cm³/mol. The van der Waals surface area contributed by atoms with E-state index in [0.29, 0.717) is 24.6 Å².